The quantitative estimate of drug-likeness (QED) is 0.782. The molecule has 1 N–H and O–H groups in total. The van der Waals surface area contributed by atoms with Gasteiger partial charge in [-0.05, 0) is 45.3 Å². The number of methoxy groups -OCH3 is 1. The van der Waals surface area contributed by atoms with Crippen LogP contribution >= 0.6 is 0 Å². The summed E-state index contributed by atoms with van der Waals surface area (Å²) in [6.45, 7) is 7.91. The van der Waals surface area contributed by atoms with Crippen molar-refractivity contribution < 1.29 is 13.9 Å². The molecule has 2 heterocycles. The molecule has 1 aliphatic heterocycles. The lowest BCUT2D eigenvalue weighted by molar-refractivity contribution is 0.0599. The van der Waals surface area contributed by atoms with Crippen molar-refractivity contribution >= 4 is 5.97 Å². The van der Waals surface area contributed by atoms with Crippen molar-refractivity contribution in [2.45, 2.75) is 45.7 Å². The Morgan fingerprint density at radius 3 is 3.00 bits per heavy atom. The summed E-state index contributed by atoms with van der Waals surface area (Å²) in [5, 5.41) is 3.53. The zero-order chi connectivity index (χ0) is 15.2. The Morgan fingerprint density at radius 2 is 2.38 bits per heavy atom. The first-order valence-corrected chi connectivity index (χ1v) is 7.77. The third-order valence-corrected chi connectivity index (χ3v) is 3.93. The van der Waals surface area contributed by atoms with Crippen molar-refractivity contribution in [1.82, 2.24) is 10.2 Å². The van der Waals surface area contributed by atoms with Gasteiger partial charge in [-0.2, -0.15) is 0 Å². The van der Waals surface area contributed by atoms with Crippen molar-refractivity contribution in [2.24, 2.45) is 0 Å². The number of nitrogens with one attached hydrogen (secondary N) is 1. The molecule has 1 aliphatic rings. The molecule has 2 rings (SSSR count). The summed E-state index contributed by atoms with van der Waals surface area (Å²) in [6, 6.07) is 2.39. The predicted molar refractivity (Wildman–Crippen MR) is 81.4 cm³/mol. The molecular formula is C16H26N2O3. The third kappa shape index (κ3) is 4.32. The normalized spacial score (nSPS) is 18.4. The lowest BCUT2D eigenvalue weighted by atomic mass is 10.2. The molecule has 0 bridgehead atoms. The molecule has 0 aromatic carbocycles. The molecular weight excluding hydrogens is 268 g/mol. The van der Waals surface area contributed by atoms with Gasteiger partial charge in [0.25, 0.3) is 0 Å². The maximum Gasteiger partial charge on any atom is 0.341 e. The fourth-order valence-corrected chi connectivity index (χ4v) is 2.93. The summed E-state index contributed by atoms with van der Waals surface area (Å²) in [5.41, 5.74) is 0.530. The second-order valence-electron chi connectivity index (χ2n) is 5.70. The zero-order valence-electron chi connectivity index (χ0n) is 13.3. The molecule has 1 aromatic heterocycles. The van der Waals surface area contributed by atoms with E-state index < -0.39 is 0 Å². The standard InChI is InChI=1S/C16H26N2O3/c1-4-8-18(10-13-6-5-7-17-13)11-14-9-15(12(2)21-14)16(19)20-3/h9,13,17H,4-8,10-11H2,1-3H3. The molecule has 1 aromatic rings. The Kier molecular flexibility index (Phi) is 5.82. The van der Waals surface area contributed by atoms with Crippen LogP contribution in [-0.4, -0.2) is 43.7 Å². The van der Waals surface area contributed by atoms with Gasteiger partial charge in [-0.3, -0.25) is 4.90 Å². The molecule has 0 radical (unpaired) electrons. The van der Waals surface area contributed by atoms with Gasteiger partial charge in [0.15, 0.2) is 0 Å². The number of carbonyl (C=O) groups excluding carboxylic acids is 1. The summed E-state index contributed by atoms with van der Waals surface area (Å²) in [6.07, 6.45) is 3.61. The van der Waals surface area contributed by atoms with E-state index in [4.69, 9.17) is 9.15 Å². The molecule has 0 aliphatic carbocycles. The largest absolute Gasteiger partial charge is 0.465 e. The van der Waals surface area contributed by atoms with Crippen LogP contribution in [0.2, 0.25) is 0 Å². The number of nitrogens with zero attached hydrogens (tertiary/aromatic N) is 1. The lowest BCUT2D eigenvalue weighted by Gasteiger charge is -2.24. The number of hydrogen-bond donors (Lipinski definition) is 1. The monoisotopic (exact) mass is 294 g/mol. The predicted octanol–water partition coefficient (Wildman–Crippen LogP) is 2.34. The van der Waals surface area contributed by atoms with Gasteiger partial charge in [0.2, 0.25) is 0 Å². The maximum atomic E-state index is 11.6. The SMILES string of the molecule is CCCN(Cc1cc(C(=O)OC)c(C)o1)CC1CCCN1. The van der Waals surface area contributed by atoms with Crippen molar-refractivity contribution in [3.8, 4) is 0 Å². The molecule has 1 atom stereocenters. The Bertz CT molecular complexity index is 464. The fraction of sp³-hybridized carbons (Fsp3) is 0.688. The van der Waals surface area contributed by atoms with E-state index in [1.165, 1.54) is 20.0 Å². The molecule has 0 saturated carbocycles. The van der Waals surface area contributed by atoms with Crippen LogP contribution in [0.5, 0.6) is 0 Å². The van der Waals surface area contributed by atoms with Crippen LogP contribution in [0.1, 0.15) is 48.1 Å². The van der Waals surface area contributed by atoms with Gasteiger partial charge in [0, 0.05) is 12.6 Å². The van der Waals surface area contributed by atoms with Crippen LogP contribution in [0.15, 0.2) is 10.5 Å². The summed E-state index contributed by atoms with van der Waals surface area (Å²) in [5.74, 6) is 1.13. The number of furan rings is 1. The van der Waals surface area contributed by atoms with Gasteiger partial charge in [0.1, 0.15) is 17.1 Å². The highest BCUT2D eigenvalue weighted by atomic mass is 16.5. The number of rotatable bonds is 7. The van der Waals surface area contributed by atoms with E-state index in [2.05, 4.69) is 17.1 Å². The molecule has 1 unspecified atom stereocenters. The van der Waals surface area contributed by atoms with Gasteiger partial charge in [-0.15, -0.1) is 0 Å². The van der Waals surface area contributed by atoms with Gasteiger partial charge >= 0.3 is 5.97 Å². The van der Waals surface area contributed by atoms with E-state index in [-0.39, 0.29) is 5.97 Å². The lowest BCUT2D eigenvalue weighted by Crippen LogP contribution is -2.37. The first-order chi connectivity index (χ1) is 10.1. The van der Waals surface area contributed by atoms with Crippen molar-refractivity contribution in [1.29, 1.82) is 0 Å². The second kappa shape index (κ2) is 7.61. The second-order valence-corrected chi connectivity index (χ2v) is 5.70. The van der Waals surface area contributed by atoms with Crippen LogP contribution in [0.3, 0.4) is 0 Å². The minimum atomic E-state index is -0.331. The molecule has 21 heavy (non-hydrogen) atoms. The number of aryl methyl sites for hydroxylation is 1. The number of hydrogen-bond acceptors (Lipinski definition) is 5. The molecule has 118 valence electrons. The van der Waals surface area contributed by atoms with E-state index in [1.54, 1.807) is 6.92 Å². The van der Waals surface area contributed by atoms with Gasteiger partial charge in [0.05, 0.1) is 13.7 Å². The van der Waals surface area contributed by atoms with E-state index in [0.29, 0.717) is 17.4 Å². The molecule has 5 heteroatoms. The van der Waals surface area contributed by atoms with Crippen LogP contribution in [0, 0.1) is 6.92 Å². The van der Waals surface area contributed by atoms with Crippen molar-refractivity contribution in [2.75, 3.05) is 26.7 Å². The zero-order valence-corrected chi connectivity index (χ0v) is 13.3. The van der Waals surface area contributed by atoms with Crippen LogP contribution in [-0.2, 0) is 11.3 Å². The van der Waals surface area contributed by atoms with E-state index in [9.17, 15) is 4.79 Å². The molecule has 1 fully saturated rings. The Labute approximate surface area is 126 Å². The van der Waals surface area contributed by atoms with Gasteiger partial charge < -0.3 is 14.5 Å². The van der Waals surface area contributed by atoms with Crippen molar-refractivity contribution in [3.05, 3.63) is 23.2 Å². The third-order valence-electron chi connectivity index (χ3n) is 3.93. The number of esters is 1. The molecule has 0 amide bonds. The summed E-state index contributed by atoms with van der Waals surface area (Å²) in [7, 11) is 1.39. The average molecular weight is 294 g/mol. The van der Waals surface area contributed by atoms with Gasteiger partial charge in [-0.25, -0.2) is 4.79 Å². The average Bonchev–Trinajstić information content (AvgIpc) is 3.08. The maximum absolute atomic E-state index is 11.6. The van der Waals surface area contributed by atoms with Gasteiger partial charge in [-0.1, -0.05) is 6.92 Å². The summed E-state index contributed by atoms with van der Waals surface area (Å²) in [4.78, 5) is 14.0. The topological polar surface area (TPSA) is 54.7 Å². The highest BCUT2D eigenvalue weighted by Gasteiger charge is 2.20. The molecule has 1 saturated heterocycles. The molecule has 0 spiro atoms. The highest BCUT2D eigenvalue weighted by molar-refractivity contribution is 5.90. The van der Waals surface area contributed by atoms with E-state index in [0.717, 1.165) is 38.4 Å². The minimum Gasteiger partial charge on any atom is -0.465 e. The number of ether oxygens (including phenoxy) is 1. The molecule has 5 nitrogen and oxygen atoms in total. The Hall–Kier alpha value is -1.33. The highest BCUT2D eigenvalue weighted by Crippen LogP contribution is 2.18. The van der Waals surface area contributed by atoms with Crippen molar-refractivity contribution in [3.63, 3.8) is 0 Å². The number of carbonyl (C=O) groups is 1. The summed E-state index contributed by atoms with van der Waals surface area (Å²) < 4.78 is 10.5. The summed E-state index contributed by atoms with van der Waals surface area (Å²) >= 11 is 0. The van der Waals surface area contributed by atoms with Crippen LogP contribution in [0.25, 0.3) is 0 Å². The Balaban J connectivity index is 2.00. The first kappa shape index (κ1) is 16.0. The van der Waals surface area contributed by atoms with E-state index in [1.807, 2.05) is 6.07 Å². The van der Waals surface area contributed by atoms with Crippen LogP contribution in [0.4, 0.5) is 0 Å². The van der Waals surface area contributed by atoms with E-state index >= 15 is 0 Å². The first-order valence-electron chi connectivity index (χ1n) is 7.77. The minimum absolute atomic E-state index is 0.331. The Morgan fingerprint density at radius 1 is 1.57 bits per heavy atom. The fourth-order valence-electron chi connectivity index (χ4n) is 2.93. The van der Waals surface area contributed by atoms with Crippen LogP contribution < -0.4 is 5.32 Å². The smallest absolute Gasteiger partial charge is 0.341 e.